The van der Waals surface area contributed by atoms with E-state index in [0.29, 0.717) is 12.2 Å². The molecule has 0 aliphatic carbocycles. The van der Waals surface area contributed by atoms with Gasteiger partial charge in [0.15, 0.2) is 0 Å². The molecule has 3 aromatic rings. The Bertz CT molecular complexity index is 1180. The van der Waals surface area contributed by atoms with Crippen LogP contribution in [0.15, 0.2) is 77.7 Å². The molecule has 6 nitrogen and oxygen atoms in total. The predicted octanol–water partition coefficient (Wildman–Crippen LogP) is 4.84. The first kappa shape index (κ1) is 23.6. The SMILES string of the molecule is CCN(c1ccccc1)S(=O)(=O)c1ccc(Cl)c(C(=O)N(C)Cc2ccc(OC)cc2)c1. The summed E-state index contributed by atoms with van der Waals surface area (Å²) >= 11 is 6.29. The highest BCUT2D eigenvalue weighted by Gasteiger charge is 2.26. The molecular weight excluding hydrogens is 448 g/mol. The van der Waals surface area contributed by atoms with Crippen LogP contribution in [0.5, 0.6) is 5.75 Å². The highest BCUT2D eigenvalue weighted by molar-refractivity contribution is 7.92. The van der Waals surface area contributed by atoms with Crippen molar-refractivity contribution in [2.45, 2.75) is 18.4 Å². The molecule has 0 radical (unpaired) electrons. The van der Waals surface area contributed by atoms with E-state index in [9.17, 15) is 13.2 Å². The number of nitrogens with zero attached hydrogens (tertiary/aromatic N) is 2. The molecule has 0 saturated heterocycles. The first-order valence-electron chi connectivity index (χ1n) is 10.0. The number of rotatable bonds is 8. The fourth-order valence-corrected chi connectivity index (χ4v) is 5.02. The Balaban J connectivity index is 1.89. The lowest BCUT2D eigenvalue weighted by atomic mass is 10.1. The van der Waals surface area contributed by atoms with Crippen molar-refractivity contribution in [2.75, 3.05) is 25.0 Å². The van der Waals surface area contributed by atoms with Crippen LogP contribution < -0.4 is 9.04 Å². The first-order valence-corrected chi connectivity index (χ1v) is 11.9. The van der Waals surface area contributed by atoms with Crippen molar-refractivity contribution in [3.05, 3.63) is 88.9 Å². The number of para-hydroxylation sites is 1. The molecular formula is C24H25ClN2O4S. The molecule has 0 heterocycles. The molecule has 0 bridgehead atoms. The van der Waals surface area contributed by atoms with Crippen LogP contribution in [-0.4, -0.2) is 39.9 Å². The van der Waals surface area contributed by atoms with Gasteiger partial charge < -0.3 is 9.64 Å². The van der Waals surface area contributed by atoms with Gasteiger partial charge in [0.05, 0.1) is 28.3 Å². The smallest absolute Gasteiger partial charge is 0.264 e. The largest absolute Gasteiger partial charge is 0.497 e. The number of sulfonamides is 1. The van der Waals surface area contributed by atoms with Crippen LogP contribution in [0.4, 0.5) is 5.69 Å². The van der Waals surface area contributed by atoms with E-state index in [0.717, 1.165) is 11.3 Å². The number of carbonyl (C=O) groups is 1. The van der Waals surface area contributed by atoms with Gasteiger partial charge >= 0.3 is 0 Å². The van der Waals surface area contributed by atoms with E-state index >= 15 is 0 Å². The number of halogens is 1. The summed E-state index contributed by atoms with van der Waals surface area (Å²) in [6, 6.07) is 20.4. The van der Waals surface area contributed by atoms with E-state index in [2.05, 4.69) is 0 Å². The van der Waals surface area contributed by atoms with E-state index in [1.54, 1.807) is 45.3 Å². The average Bonchev–Trinajstić information content (AvgIpc) is 2.80. The number of hydrogen-bond donors (Lipinski definition) is 0. The molecule has 0 unspecified atom stereocenters. The Morgan fingerprint density at radius 1 is 1.00 bits per heavy atom. The van der Waals surface area contributed by atoms with Crippen molar-refractivity contribution in [1.82, 2.24) is 4.90 Å². The summed E-state index contributed by atoms with van der Waals surface area (Å²) in [5.74, 6) is 0.355. The second-order valence-electron chi connectivity index (χ2n) is 7.16. The van der Waals surface area contributed by atoms with Gasteiger partial charge in [0, 0.05) is 20.1 Å². The molecule has 0 fully saturated rings. The second-order valence-corrected chi connectivity index (χ2v) is 9.43. The normalized spacial score (nSPS) is 11.1. The lowest BCUT2D eigenvalue weighted by molar-refractivity contribution is 0.0785. The first-order chi connectivity index (χ1) is 15.3. The zero-order chi connectivity index (χ0) is 23.3. The minimum atomic E-state index is -3.88. The van der Waals surface area contributed by atoms with Crippen LogP contribution in [0, 0.1) is 0 Å². The Hall–Kier alpha value is -3.03. The van der Waals surface area contributed by atoms with E-state index < -0.39 is 10.0 Å². The van der Waals surface area contributed by atoms with Gasteiger partial charge in [-0.1, -0.05) is 41.9 Å². The number of hydrogen-bond acceptors (Lipinski definition) is 4. The van der Waals surface area contributed by atoms with Crippen molar-refractivity contribution in [2.24, 2.45) is 0 Å². The molecule has 0 aromatic heterocycles. The fraction of sp³-hybridized carbons (Fsp3) is 0.208. The summed E-state index contributed by atoms with van der Waals surface area (Å²) in [6.07, 6.45) is 0. The minimum absolute atomic E-state index is 0.00815. The maximum Gasteiger partial charge on any atom is 0.264 e. The molecule has 32 heavy (non-hydrogen) atoms. The molecule has 8 heteroatoms. The summed E-state index contributed by atoms with van der Waals surface area (Å²) in [7, 11) is -0.646. The standard InChI is InChI=1S/C24H25ClN2O4S/c1-4-27(19-8-6-5-7-9-19)32(29,30)21-14-15-23(25)22(16-21)24(28)26(2)17-18-10-12-20(31-3)13-11-18/h5-16H,4,17H2,1-3H3. The van der Waals surface area contributed by atoms with Gasteiger partial charge in [0.25, 0.3) is 15.9 Å². The predicted molar refractivity (Wildman–Crippen MR) is 127 cm³/mol. The van der Waals surface area contributed by atoms with Gasteiger partial charge in [0.2, 0.25) is 0 Å². The quantitative estimate of drug-likeness (QED) is 0.470. The minimum Gasteiger partial charge on any atom is -0.497 e. The lowest BCUT2D eigenvalue weighted by Gasteiger charge is -2.24. The third-order valence-electron chi connectivity index (χ3n) is 5.01. The summed E-state index contributed by atoms with van der Waals surface area (Å²) in [5, 5.41) is 0.193. The third kappa shape index (κ3) is 5.06. The van der Waals surface area contributed by atoms with Gasteiger partial charge in [-0.05, 0) is 55.0 Å². The van der Waals surface area contributed by atoms with E-state index in [4.69, 9.17) is 16.3 Å². The molecule has 0 aliphatic rings. The van der Waals surface area contributed by atoms with Crippen molar-refractivity contribution < 1.29 is 17.9 Å². The number of ether oxygens (including phenoxy) is 1. The van der Waals surface area contributed by atoms with Gasteiger partial charge in [-0.2, -0.15) is 0 Å². The lowest BCUT2D eigenvalue weighted by Crippen LogP contribution is -2.31. The van der Waals surface area contributed by atoms with E-state index in [1.165, 1.54) is 27.4 Å². The molecule has 1 amide bonds. The van der Waals surface area contributed by atoms with Crippen molar-refractivity contribution in [3.8, 4) is 5.75 Å². The van der Waals surface area contributed by atoms with Crippen LogP contribution in [0.1, 0.15) is 22.8 Å². The third-order valence-corrected chi connectivity index (χ3v) is 7.24. The number of methoxy groups -OCH3 is 1. The molecule has 0 atom stereocenters. The van der Waals surface area contributed by atoms with Crippen LogP contribution in [-0.2, 0) is 16.6 Å². The molecule has 3 rings (SSSR count). The number of amides is 1. The second kappa shape index (κ2) is 10.1. The summed E-state index contributed by atoms with van der Waals surface area (Å²) < 4.78 is 33.1. The Kier molecular flexibility index (Phi) is 7.43. The monoisotopic (exact) mass is 472 g/mol. The highest BCUT2D eigenvalue weighted by Crippen LogP contribution is 2.27. The van der Waals surface area contributed by atoms with E-state index in [-0.39, 0.29) is 27.9 Å². The van der Waals surface area contributed by atoms with Crippen LogP contribution in [0.3, 0.4) is 0 Å². The summed E-state index contributed by atoms with van der Waals surface area (Å²) in [4.78, 5) is 14.6. The molecule has 0 N–H and O–H groups in total. The maximum atomic E-state index is 13.3. The maximum absolute atomic E-state index is 13.3. The molecule has 0 saturated carbocycles. The number of anilines is 1. The van der Waals surface area contributed by atoms with Gasteiger partial charge in [-0.25, -0.2) is 8.42 Å². The van der Waals surface area contributed by atoms with Crippen LogP contribution in [0.25, 0.3) is 0 Å². The summed E-state index contributed by atoms with van der Waals surface area (Å²) in [6.45, 7) is 2.34. The zero-order valence-corrected chi connectivity index (χ0v) is 19.7. The average molecular weight is 473 g/mol. The molecule has 0 aliphatic heterocycles. The van der Waals surface area contributed by atoms with E-state index in [1.807, 2.05) is 30.3 Å². The van der Waals surface area contributed by atoms with Crippen molar-refractivity contribution >= 4 is 33.2 Å². The van der Waals surface area contributed by atoms with Gasteiger partial charge in [-0.15, -0.1) is 0 Å². The number of carbonyl (C=O) groups excluding carboxylic acids is 1. The Morgan fingerprint density at radius 3 is 2.25 bits per heavy atom. The Labute approximate surface area is 194 Å². The highest BCUT2D eigenvalue weighted by atomic mass is 35.5. The molecule has 3 aromatic carbocycles. The molecule has 168 valence electrons. The number of benzene rings is 3. The topological polar surface area (TPSA) is 66.9 Å². The van der Waals surface area contributed by atoms with Crippen molar-refractivity contribution in [1.29, 1.82) is 0 Å². The molecule has 0 spiro atoms. The van der Waals surface area contributed by atoms with Gasteiger partial charge in [0.1, 0.15) is 5.75 Å². The zero-order valence-electron chi connectivity index (χ0n) is 18.2. The fourth-order valence-electron chi connectivity index (χ4n) is 3.32. The van der Waals surface area contributed by atoms with Crippen molar-refractivity contribution in [3.63, 3.8) is 0 Å². The summed E-state index contributed by atoms with van der Waals surface area (Å²) in [5.41, 5.74) is 1.59. The Morgan fingerprint density at radius 2 is 1.66 bits per heavy atom. The van der Waals surface area contributed by atoms with Gasteiger partial charge in [-0.3, -0.25) is 9.10 Å². The van der Waals surface area contributed by atoms with Crippen LogP contribution in [0.2, 0.25) is 5.02 Å². The van der Waals surface area contributed by atoms with Crippen LogP contribution >= 0.6 is 11.6 Å².